The number of amides is 2. The molecule has 0 heterocycles. The Morgan fingerprint density at radius 1 is 1.19 bits per heavy atom. The molecule has 0 saturated carbocycles. The van der Waals surface area contributed by atoms with Crippen molar-refractivity contribution in [2.75, 3.05) is 33.9 Å². The van der Waals surface area contributed by atoms with E-state index >= 15 is 0 Å². The van der Waals surface area contributed by atoms with Crippen molar-refractivity contribution in [3.63, 3.8) is 0 Å². The molecule has 2 amide bonds. The van der Waals surface area contributed by atoms with E-state index in [0.717, 1.165) is 12.0 Å². The minimum Gasteiger partial charge on any atom is -0.385 e. The number of ether oxygens (including phenoxy) is 1. The van der Waals surface area contributed by atoms with Crippen LogP contribution in [-0.2, 0) is 20.9 Å². The van der Waals surface area contributed by atoms with Gasteiger partial charge in [-0.05, 0) is 12.0 Å². The van der Waals surface area contributed by atoms with Crippen molar-refractivity contribution in [1.82, 2.24) is 9.80 Å². The Balaban J connectivity index is 2.50. The zero-order chi connectivity index (χ0) is 15.7. The number of methoxy groups -OCH3 is 1. The molecular weight excluding hydrogens is 268 g/mol. The third kappa shape index (κ3) is 6.40. The van der Waals surface area contributed by atoms with Gasteiger partial charge >= 0.3 is 0 Å². The van der Waals surface area contributed by atoms with Gasteiger partial charge in [-0.1, -0.05) is 30.3 Å². The molecule has 0 aromatic heterocycles. The molecule has 21 heavy (non-hydrogen) atoms. The molecule has 116 valence electrons. The van der Waals surface area contributed by atoms with Crippen molar-refractivity contribution >= 4 is 11.8 Å². The molecule has 0 radical (unpaired) electrons. The highest BCUT2D eigenvalue weighted by Gasteiger charge is 2.16. The number of hydrogen-bond donors (Lipinski definition) is 0. The monoisotopic (exact) mass is 292 g/mol. The lowest BCUT2D eigenvalue weighted by atomic mass is 10.2. The second-order valence-electron chi connectivity index (χ2n) is 5.02. The Morgan fingerprint density at radius 2 is 1.86 bits per heavy atom. The van der Waals surface area contributed by atoms with Crippen LogP contribution in [0, 0.1) is 0 Å². The van der Waals surface area contributed by atoms with Gasteiger partial charge in [0.05, 0.1) is 6.54 Å². The molecule has 0 aliphatic heterocycles. The van der Waals surface area contributed by atoms with Crippen LogP contribution in [0.2, 0.25) is 0 Å². The molecule has 5 nitrogen and oxygen atoms in total. The van der Waals surface area contributed by atoms with Crippen LogP contribution in [0.1, 0.15) is 18.9 Å². The largest absolute Gasteiger partial charge is 0.385 e. The number of carbonyl (C=O) groups excluding carboxylic acids is 2. The van der Waals surface area contributed by atoms with Crippen LogP contribution in [-0.4, -0.2) is 55.5 Å². The molecule has 0 bridgehead atoms. The maximum Gasteiger partial charge on any atom is 0.242 e. The van der Waals surface area contributed by atoms with Crippen LogP contribution in [0.5, 0.6) is 0 Å². The summed E-state index contributed by atoms with van der Waals surface area (Å²) >= 11 is 0. The highest BCUT2D eigenvalue weighted by atomic mass is 16.5. The number of carbonyl (C=O) groups is 2. The maximum absolute atomic E-state index is 12.2. The van der Waals surface area contributed by atoms with E-state index in [2.05, 4.69) is 0 Å². The summed E-state index contributed by atoms with van der Waals surface area (Å²) in [5.41, 5.74) is 1.07. The second-order valence-corrected chi connectivity index (χ2v) is 5.02. The first-order valence-electron chi connectivity index (χ1n) is 7.07. The lowest BCUT2D eigenvalue weighted by Gasteiger charge is -2.24. The first-order valence-corrected chi connectivity index (χ1v) is 7.07. The topological polar surface area (TPSA) is 49.9 Å². The molecule has 0 aliphatic carbocycles. The van der Waals surface area contributed by atoms with Crippen molar-refractivity contribution in [1.29, 1.82) is 0 Å². The predicted octanol–water partition coefficient (Wildman–Crippen LogP) is 1.53. The van der Waals surface area contributed by atoms with Crippen molar-refractivity contribution in [2.45, 2.75) is 19.9 Å². The van der Waals surface area contributed by atoms with E-state index in [-0.39, 0.29) is 18.4 Å². The smallest absolute Gasteiger partial charge is 0.242 e. The molecule has 0 spiro atoms. The standard InChI is InChI=1S/C16H24N2O3/c1-14(19)18(10-7-11-21-3)13-16(20)17(2)12-15-8-5-4-6-9-15/h4-6,8-9H,7,10-13H2,1-3H3. The van der Waals surface area contributed by atoms with Gasteiger partial charge in [-0.15, -0.1) is 0 Å². The molecular formula is C16H24N2O3. The van der Waals surface area contributed by atoms with Gasteiger partial charge in [0.25, 0.3) is 0 Å². The summed E-state index contributed by atoms with van der Waals surface area (Å²) in [6.45, 7) is 3.26. The fraction of sp³-hybridized carbons (Fsp3) is 0.500. The van der Waals surface area contributed by atoms with E-state index in [0.29, 0.717) is 19.7 Å². The van der Waals surface area contributed by atoms with E-state index in [9.17, 15) is 9.59 Å². The van der Waals surface area contributed by atoms with Crippen LogP contribution in [0.3, 0.4) is 0 Å². The number of hydrogen-bond acceptors (Lipinski definition) is 3. The van der Waals surface area contributed by atoms with Crippen molar-refractivity contribution in [3.8, 4) is 0 Å². The zero-order valence-corrected chi connectivity index (χ0v) is 13.0. The summed E-state index contributed by atoms with van der Waals surface area (Å²) in [5, 5.41) is 0. The fourth-order valence-electron chi connectivity index (χ4n) is 1.98. The predicted molar refractivity (Wildman–Crippen MR) is 81.7 cm³/mol. The van der Waals surface area contributed by atoms with E-state index in [4.69, 9.17) is 4.74 Å². The second kappa shape index (κ2) is 9.13. The number of rotatable bonds is 8. The van der Waals surface area contributed by atoms with Gasteiger partial charge in [-0.3, -0.25) is 9.59 Å². The van der Waals surface area contributed by atoms with E-state index in [1.807, 2.05) is 30.3 Å². The summed E-state index contributed by atoms with van der Waals surface area (Å²) < 4.78 is 4.97. The van der Waals surface area contributed by atoms with Crippen LogP contribution < -0.4 is 0 Å². The first-order chi connectivity index (χ1) is 10.0. The Morgan fingerprint density at radius 3 is 2.43 bits per heavy atom. The Bertz CT molecular complexity index is 448. The quantitative estimate of drug-likeness (QED) is 0.683. The van der Waals surface area contributed by atoms with Gasteiger partial charge in [0.2, 0.25) is 11.8 Å². The molecule has 1 aromatic rings. The van der Waals surface area contributed by atoms with E-state index < -0.39 is 0 Å². The molecule has 0 atom stereocenters. The van der Waals surface area contributed by atoms with E-state index in [1.54, 1.807) is 24.0 Å². The maximum atomic E-state index is 12.2. The van der Waals surface area contributed by atoms with E-state index in [1.165, 1.54) is 6.92 Å². The lowest BCUT2D eigenvalue weighted by Crippen LogP contribution is -2.41. The average molecular weight is 292 g/mol. The van der Waals surface area contributed by atoms with Gasteiger partial charge in [-0.25, -0.2) is 0 Å². The normalized spacial score (nSPS) is 10.2. The Hall–Kier alpha value is -1.88. The zero-order valence-electron chi connectivity index (χ0n) is 13.0. The van der Waals surface area contributed by atoms with Crippen LogP contribution >= 0.6 is 0 Å². The van der Waals surface area contributed by atoms with Crippen molar-refractivity contribution in [2.24, 2.45) is 0 Å². The SMILES string of the molecule is COCCCN(CC(=O)N(C)Cc1ccccc1)C(C)=O. The molecule has 0 fully saturated rings. The number of benzene rings is 1. The van der Waals surface area contributed by atoms with Gasteiger partial charge < -0.3 is 14.5 Å². The molecule has 1 rings (SSSR count). The third-order valence-corrected chi connectivity index (χ3v) is 3.24. The van der Waals surface area contributed by atoms with Gasteiger partial charge in [0.15, 0.2) is 0 Å². The summed E-state index contributed by atoms with van der Waals surface area (Å²) in [6.07, 6.45) is 0.728. The van der Waals surface area contributed by atoms with Crippen molar-refractivity contribution < 1.29 is 14.3 Å². The minimum atomic E-state index is -0.0902. The molecule has 0 aliphatic rings. The molecule has 0 N–H and O–H groups in total. The van der Waals surface area contributed by atoms with Crippen LogP contribution in [0.4, 0.5) is 0 Å². The van der Waals surface area contributed by atoms with Crippen LogP contribution in [0.15, 0.2) is 30.3 Å². The minimum absolute atomic E-state index is 0.0635. The van der Waals surface area contributed by atoms with Crippen LogP contribution in [0.25, 0.3) is 0 Å². The molecule has 5 heteroatoms. The highest BCUT2D eigenvalue weighted by Crippen LogP contribution is 2.04. The van der Waals surface area contributed by atoms with Gasteiger partial charge in [0.1, 0.15) is 0 Å². The van der Waals surface area contributed by atoms with Gasteiger partial charge in [-0.2, -0.15) is 0 Å². The number of likely N-dealkylation sites (N-methyl/N-ethyl adjacent to an activating group) is 1. The summed E-state index contributed by atoms with van der Waals surface area (Å²) in [7, 11) is 3.37. The van der Waals surface area contributed by atoms with Crippen molar-refractivity contribution in [3.05, 3.63) is 35.9 Å². The molecule has 1 aromatic carbocycles. The number of nitrogens with zero attached hydrogens (tertiary/aromatic N) is 2. The summed E-state index contributed by atoms with van der Waals surface area (Å²) in [4.78, 5) is 27.0. The van der Waals surface area contributed by atoms with Gasteiger partial charge in [0, 0.05) is 40.8 Å². The Labute approximate surface area is 126 Å². The lowest BCUT2D eigenvalue weighted by molar-refractivity contribution is -0.139. The first kappa shape index (κ1) is 17.2. The average Bonchev–Trinajstić information content (AvgIpc) is 2.47. The highest BCUT2D eigenvalue weighted by molar-refractivity contribution is 5.83. The Kier molecular flexibility index (Phi) is 7.46. The molecule has 0 saturated heterocycles. The summed E-state index contributed by atoms with van der Waals surface area (Å²) in [5.74, 6) is -0.154. The molecule has 0 unspecified atom stereocenters. The summed E-state index contributed by atoms with van der Waals surface area (Å²) in [6, 6.07) is 9.79. The third-order valence-electron chi connectivity index (χ3n) is 3.24. The fourth-order valence-corrected chi connectivity index (χ4v) is 1.98.